The van der Waals surface area contributed by atoms with Crippen molar-refractivity contribution in [3.05, 3.63) is 29.3 Å². The van der Waals surface area contributed by atoms with Crippen LogP contribution in [0.1, 0.15) is 44.4 Å². The quantitative estimate of drug-likeness (QED) is 0.816. The van der Waals surface area contributed by atoms with E-state index in [9.17, 15) is 0 Å². The van der Waals surface area contributed by atoms with Crippen LogP contribution in [0.2, 0.25) is 0 Å². The molecule has 18 heavy (non-hydrogen) atoms. The number of aryl methyl sites for hydroxylation is 1. The van der Waals surface area contributed by atoms with Crippen LogP contribution in [0.25, 0.3) is 0 Å². The van der Waals surface area contributed by atoms with Gasteiger partial charge in [-0.25, -0.2) is 0 Å². The largest absolute Gasteiger partial charge is 0.494 e. The van der Waals surface area contributed by atoms with Crippen LogP contribution in [0.5, 0.6) is 5.75 Å². The van der Waals surface area contributed by atoms with Crippen molar-refractivity contribution >= 4 is 0 Å². The summed E-state index contributed by atoms with van der Waals surface area (Å²) in [5.74, 6) is 0.961. The minimum absolute atomic E-state index is 0.180. The van der Waals surface area contributed by atoms with Gasteiger partial charge in [-0.05, 0) is 58.4 Å². The van der Waals surface area contributed by atoms with Crippen molar-refractivity contribution in [2.24, 2.45) is 5.73 Å². The zero-order chi connectivity index (χ0) is 13.8. The SMILES string of the molecule is CCOc1ccc(C(CC(C)(C)N)NC)cc1C. The smallest absolute Gasteiger partial charge is 0.122 e. The molecular weight excluding hydrogens is 224 g/mol. The van der Waals surface area contributed by atoms with Crippen molar-refractivity contribution < 1.29 is 4.74 Å². The summed E-state index contributed by atoms with van der Waals surface area (Å²) in [5, 5.41) is 3.33. The van der Waals surface area contributed by atoms with Gasteiger partial charge in [0.2, 0.25) is 0 Å². The molecule has 0 aromatic heterocycles. The second kappa shape index (κ2) is 6.21. The highest BCUT2D eigenvalue weighted by Crippen LogP contribution is 2.26. The summed E-state index contributed by atoms with van der Waals surface area (Å²) in [4.78, 5) is 0. The van der Waals surface area contributed by atoms with Gasteiger partial charge in [-0.2, -0.15) is 0 Å². The van der Waals surface area contributed by atoms with Gasteiger partial charge in [0, 0.05) is 11.6 Å². The Morgan fingerprint density at radius 3 is 2.50 bits per heavy atom. The highest BCUT2D eigenvalue weighted by Gasteiger charge is 2.19. The molecule has 0 spiro atoms. The number of nitrogens with one attached hydrogen (secondary N) is 1. The fraction of sp³-hybridized carbons (Fsp3) is 0.600. The van der Waals surface area contributed by atoms with Crippen LogP contribution in [0, 0.1) is 6.92 Å². The van der Waals surface area contributed by atoms with Gasteiger partial charge < -0.3 is 15.8 Å². The van der Waals surface area contributed by atoms with Crippen molar-refractivity contribution in [3.63, 3.8) is 0 Å². The van der Waals surface area contributed by atoms with Gasteiger partial charge >= 0.3 is 0 Å². The molecule has 0 aliphatic heterocycles. The average Bonchev–Trinajstić information content (AvgIpc) is 2.28. The zero-order valence-electron chi connectivity index (χ0n) is 12.2. The fourth-order valence-corrected chi connectivity index (χ4v) is 2.12. The lowest BCUT2D eigenvalue weighted by molar-refractivity contribution is 0.337. The Balaban J connectivity index is 2.90. The summed E-state index contributed by atoms with van der Waals surface area (Å²) in [6, 6.07) is 6.62. The summed E-state index contributed by atoms with van der Waals surface area (Å²) in [7, 11) is 1.97. The highest BCUT2D eigenvalue weighted by atomic mass is 16.5. The molecule has 0 heterocycles. The summed E-state index contributed by atoms with van der Waals surface area (Å²) >= 11 is 0. The van der Waals surface area contributed by atoms with E-state index in [4.69, 9.17) is 10.5 Å². The molecule has 1 aromatic carbocycles. The van der Waals surface area contributed by atoms with Gasteiger partial charge in [0.05, 0.1) is 6.61 Å². The van der Waals surface area contributed by atoms with Crippen molar-refractivity contribution in [1.82, 2.24) is 5.32 Å². The van der Waals surface area contributed by atoms with Gasteiger partial charge in [-0.15, -0.1) is 0 Å². The van der Waals surface area contributed by atoms with E-state index in [0.717, 1.165) is 12.2 Å². The first-order valence-corrected chi connectivity index (χ1v) is 6.57. The first kappa shape index (κ1) is 15.0. The first-order chi connectivity index (χ1) is 8.37. The molecule has 3 nitrogen and oxygen atoms in total. The molecule has 0 fully saturated rings. The average molecular weight is 250 g/mol. The molecule has 1 unspecified atom stereocenters. The van der Waals surface area contributed by atoms with Gasteiger partial charge in [-0.3, -0.25) is 0 Å². The Kier molecular flexibility index (Phi) is 5.17. The van der Waals surface area contributed by atoms with E-state index < -0.39 is 0 Å². The molecular formula is C15H26N2O. The number of rotatable bonds is 6. The third-order valence-corrected chi connectivity index (χ3v) is 2.98. The minimum atomic E-state index is -0.180. The standard InChI is InChI=1S/C15H26N2O/c1-6-18-14-8-7-12(9-11(14)2)13(17-5)10-15(3,4)16/h7-9,13,17H,6,10,16H2,1-5H3. The van der Waals surface area contributed by atoms with Gasteiger partial charge in [0.25, 0.3) is 0 Å². The maximum atomic E-state index is 6.10. The van der Waals surface area contributed by atoms with E-state index in [-0.39, 0.29) is 11.6 Å². The summed E-state index contributed by atoms with van der Waals surface area (Å²) in [5.41, 5.74) is 8.35. The van der Waals surface area contributed by atoms with Crippen molar-refractivity contribution in [1.29, 1.82) is 0 Å². The topological polar surface area (TPSA) is 47.3 Å². The predicted octanol–water partition coefficient (Wildman–Crippen LogP) is 2.78. The number of hydrogen-bond acceptors (Lipinski definition) is 3. The molecule has 1 rings (SSSR count). The van der Waals surface area contributed by atoms with Gasteiger partial charge in [0.1, 0.15) is 5.75 Å². The van der Waals surface area contributed by atoms with Crippen LogP contribution in [0.15, 0.2) is 18.2 Å². The summed E-state index contributed by atoms with van der Waals surface area (Å²) in [6.45, 7) is 8.89. The number of nitrogens with two attached hydrogens (primary N) is 1. The Bertz CT molecular complexity index is 383. The number of benzene rings is 1. The lowest BCUT2D eigenvalue weighted by Gasteiger charge is -2.26. The van der Waals surface area contributed by atoms with Crippen molar-refractivity contribution in [2.45, 2.75) is 45.7 Å². The highest BCUT2D eigenvalue weighted by molar-refractivity contribution is 5.37. The Hall–Kier alpha value is -1.06. The van der Waals surface area contributed by atoms with Crippen LogP contribution in [0.3, 0.4) is 0 Å². The molecule has 0 aliphatic carbocycles. The Morgan fingerprint density at radius 1 is 1.39 bits per heavy atom. The van der Waals surface area contributed by atoms with Crippen LogP contribution >= 0.6 is 0 Å². The van der Waals surface area contributed by atoms with Gasteiger partial charge in [0.15, 0.2) is 0 Å². The molecule has 0 saturated heterocycles. The lowest BCUT2D eigenvalue weighted by atomic mass is 9.91. The molecule has 0 amide bonds. The van der Waals surface area contributed by atoms with Crippen molar-refractivity contribution in [3.8, 4) is 5.75 Å². The second-order valence-corrected chi connectivity index (χ2v) is 5.49. The van der Waals surface area contributed by atoms with E-state index in [1.54, 1.807) is 0 Å². The lowest BCUT2D eigenvalue weighted by Crippen LogP contribution is -2.36. The van der Waals surface area contributed by atoms with Crippen molar-refractivity contribution in [2.75, 3.05) is 13.7 Å². The number of ether oxygens (including phenoxy) is 1. The summed E-state index contributed by atoms with van der Waals surface area (Å²) < 4.78 is 5.56. The van der Waals surface area contributed by atoms with E-state index in [1.807, 2.05) is 20.0 Å². The maximum Gasteiger partial charge on any atom is 0.122 e. The Morgan fingerprint density at radius 2 is 2.06 bits per heavy atom. The molecule has 3 N–H and O–H groups in total. The third-order valence-electron chi connectivity index (χ3n) is 2.98. The molecule has 3 heteroatoms. The molecule has 102 valence electrons. The molecule has 0 saturated carbocycles. The monoisotopic (exact) mass is 250 g/mol. The van der Waals surface area contributed by atoms with Crippen LogP contribution in [-0.2, 0) is 0 Å². The number of hydrogen-bond donors (Lipinski definition) is 2. The van der Waals surface area contributed by atoms with E-state index in [1.165, 1.54) is 11.1 Å². The molecule has 0 bridgehead atoms. The summed E-state index contributed by atoms with van der Waals surface area (Å²) in [6.07, 6.45) is 0.900. The van der Waals surface area contributed by atoms with E-state index >= 15 is 0 Å². The normalized spacial score (nSPS) is 13.4. The van der Waals surface area contributed by atoms with E-state index in [2.05, 4.69) is 38.2 Å². The molecule has 1 atom stereocenters. The Labute approximate surface area is 111 Å². The van der Waals surface area contributed by atoms with E-state index in [0.29, 0.717) is 6.61 Å². The minimum Gasteiger partial charge on any atom is -0.494 e. The van der Waals surface area contributed by atoms with Crippen LogP contribution in [-0.4, -0.2) is 19.2 Å². The third kappa shape index (κ3) is 4.31. The van der Waals surface area contributed by atoms with Crippen LogP contribution < -0.4 is 15.8 Å². The van der Waals surface area contributed by atoms with Gasteiger partial charge in [-0.1, -0.05) is 12.1 Å². The fourth-order valence-electron chi connectivity index (χ4n) is 2.12. The second-order valence-electron chi connectivity index (χ2n) is 5.49. The zero-order valence-corrected chi connectivity index (χ0v) is 12.2. The maximum absolute atomic E-state index is 6.10. The molecule has 0 radical (unpaired) electrons. The van der Waals surface area contributed by atoms with Crippen LogP contribution in [0.4, 0.5) is 0 Å². The predicted molar refractivity (Wildman–Crippen MR) is 77.0 cm³/mol. The first-order valence-electron chi connectivity index (χ1n) is 6.57. The molecule has 0 aliphatic rings. The molecule has 1 aromatic rings.